The highest BCUT2D eigenvalue weighted by atomic mass is 19.1. The molecule has 0 saturated carbocycles. The molecule has 6 nitrogen and oxygen atoms in total. The zero-order chi connectivity index (χ0) is 20.0. The number of nitrogens with zero attached hydrogens (tertiary/aromatic N) is 1. The number of benzene rings is 2. The van der Waals surface area contributed by atoms with Crippen LogP contribution in [0.5, 0.6) is 5.75 Å². The number of rotatable bonds is 7. The fourth-order valence-electron chi connectivity index (χ4n) is 2.50. The third kappa shape index (κ3) is 5.76. The molecule has 0 unspecified atom stereocenters. The minimum Gasteiger partial charge on any atom is -0.505 e. The molecule has 0 heterocycles. The molecule has 0 fully saturated rings. The second-order valence-corrected chi connectivity index (χ2v) is 6.16. The fourth-order valence-corrected chi connectivity index (χ4v) is 2.50. The van der Waals surface area contributed by atoms with Gasteiger partial charge in [-0.15, -0.1) is 5.73 Å². The van der Waals surface area contributed by atoms with E-state index in [1.165, 1.54) is 36.4 Å². The predicted octanol–water partition coefficient (Wildman–Crippen LogP) is 4.09. The number of aromatic hydroxyl groups is 1. The zero-order valence-electron chi connectivity index (χ0n) is 14.7. The van der Waals surface area contributed by atoms with Crippen LogP contribution in [0.1, 0.15) is 43.1 Å². The van der Waals surface area contributed by atoms with Crippen LogP contribution in [0.15, 0.2) is 59.8 Å². The molecule has 0 amide bonds. The highest BCUT2D eigenvalue weighted by Crippen LogP contribution is 2.24. The molecule has 0 saturated heterocycles. The maximum Gasteiger partial charge on any atom is 0.269 e. The fraction of sp³-hybridized carbons (Fsp3) is 0.250. The van der Waals surface area contributed by atoms with Crippen molar-refractivity contribution < 1.29 is 24.6 Å². The Kier molecular flexibility index (Phi) is 6.85. The number of phenolic OH excluding ortho intramolecular Hbond substituents is 1. The van der Waals surface area contributed by atoms with Crippen molar-refractivity contribution in [3.05, 3.63) is 86.9 Å². The van der Waals surface area contributed by atoms with Gasteiger partial charge < -0.3 is 15.3 Å². The van der Waals surface area contributed by atoms with Crippen LogP contribution in [-0.4, -0.2) is 20.2 Å². The molecular formula is C20H20FNO5. The van der Waals surface area contributed by atoms with E-state index < -0.39 is 28.7 Å². The van der Waals surface area contributed by atoms with Gasteiger partial charge in [0, 0.05) is 25.0 Å². The van der Waals surface area contributed by atoms with E-state index in [9.17, 15) is 24.7 Å². The second kappa shape index (κ2) is 9.09. The van der Waals surface area contributed by atoms with Crippen LogP contribution in [0.3, 0.4) is 0 Å². The van der Waals surface area contributed by atoms with Crippen LogP contribution in [0.25, 0.3) is 0 Å². The van der Waals surface area contributed by atoms with E-state index in [2.05, 4.69) is 5.73 Å². The molecule has 0 aliphatic carbocycles. The average Bonchev–Trinajstić information content (AvgIpc) is 2.63. The van der Waals surface area contributed by atoms with Gasteiger partial charge in [-0.2, -0.15) is 0 Å². The maximum atomic E-state index is 13.3. The van der Waals surface area contributed by atoms with Gasteiger partial charge in [-0.3, -0.25) is 10.1 Å². The van der Waals surface area contributed by atoms with E-state index in [0.717, 1.165) is 11.6 Å². The van der Waals surface area contributed by atoms with Crippen molar-refractivity contribution in [2.75, 3.05) is 0 Å². The molecule has 27 heavy (non-hydrogen) atoms. The van der Waals surface area contributed by atoms with E-state index in [-0.39, 0.29) is 18.5 Å². The molecule has 2 aromatic rings. The molecule has 0 aliphatic heterocycles. The van der Waals surface area contributed by atoms with Gasteiger partial charge in [-0.1, -0.05) is 6.07 Å². The van der Waals surface area contributed by atoms with Crippen molar-refractivity contribution >= 4 is 5.69 Å². The lowest BCUT2D eigenvalue weighted by atomic mass is 10.0. The van der Waals surface area contributed by atoms with E-state index >= 15 is 0 Å². The zero-order valence-corrected chi connectivity index (χ0v) is 14.7. The molecule has 0 aliphatic rings. The van der Waals surface area contributed by atoms with Gasteiger partial charge in [-0.05, 0) is 54.0 Å². The van der Waals surface area contributed by atoms with Crippen LogP contribution in [0.2, 0.25) is 0 Å². The lowest BCUT2D eigenvalue weighted by Crippen LogP contribution is -1.98. The van der Waals surface area contributed by atoms with Crippen LogP contribution in [-0.2, 0) is 0 Å². The molecule has 2 aromatic carbocycles. The summed E-state index contributed by atoms with van der Waals surface area (Å²) >= 11 is 0. The summed E-state index contributed by atoms with van der Waals surface area (Å²) in [6, 6.07) is 9.36. The topological polar surface area (TPSA) is 104 Å². The first-order valence-electron chi connectivity index (χ1n) is 8.27. The average molecular weight is 373 g/mol. The summed E-state index contributed by atoms with van der Waals surface area (Å²) in [6.45, 7) is 1.76. The third-order valence-electron chi connectivity index (χ3n) is 4.03. The van der Waals surface area contributed by atoms with E-state index in [1.54, 1.807) is 13.0 Å². The first kappa shape index (κ1) is 20.3. The van der Waals surface area contributed by atoms with Gasteiger partial charge in [0.05, 0.1) is 17.1 Å². The Morgan fingerprint density at radius 2 is 1.81 bits per heavy atom. The first-order valence-corrected chi connectivity index (χ1v) is 8.27. The third-order valence-corrected chi connectivity index (χ3v) is 4.03. The van der Waals surface area contributed by atoms with Crippen molar-refractivity contribution in [2.24, 2.45) is 0 Å². The highest BCUT2D eigenvalue weighted by molar-refractivity contribution is 5.34. The summed E-state index contributed by atoms with van der Waals surface area (Å²) in [5.74, 6) is -1.27. The Bertz CT molecular complexity index is 872. The van der Waals surface area contributed by atoms with Crippen molar-refractivity contribution in [3.8, 4) is 5.75 Å². The quantitative estimate of drug-likeness (QED) is 0.385. The van der Waals surface area contributed by atoms with Gasteiger partial charge in [0.2, 0.25) is 0 Å². The molecule has 7 heteroatoms. The second-order valence-electron chi connectivity index (χ2n) is 6.16. The van der Waals surface area contributed by atoms with Crippen molar-refractivity contribution in [3.63, 3.8) is 0 Å². The molecule has 0 radical (unpaired) electrons. The van der Waals surface area contributed by atoms with Crippen molar-refractivity contribution in [1.29, 1.82) is 0 Å². The minimum atomic E-state index is -0.944. The van der Waals surface area contributed by atoms with Gasteiger partial charge in [0.25, 0.3) is 5.69 Å². The lowest BCUT2D eigenvalue weighted by molar-refractivity contribution is -0.384. The summed E-state index contributed by atoms with van der Waals surface area (Å²) in [7, 11) is 0. The standard InChI is InChI=1S/C20H20FNO5/c1-13(11-20(25)14-5-8-16(9-6-14)22(26)27)3-2-4-18(23)15-7-10-19(24)17(21)12-15/h2,5-10,12,18,20,23-25H,4,11H2,1H3/t3?,18-,20-/m1/s1. The smallest absolute Gasteiger partial charge is 0.269 e. The van der Waals surface area contributed by atoms with E-state index in [1.807, 2.05) is 0 Å². The van der Waals surface area contributed by atoms with E-state index in [0.29, 0.717) is 11.1 Å². The number of phenols is 1. The normalized spacial score (nSPS) is 12.7. The van der Waals surface area contributed by atoms with Crippen LogP contribution < -0.4 is 0 Å². The van der Waals surface area contributed by atoms with Crippen LogP contribution in [0.4, 0.5) is 10.1 Å². The Hall–Kier alpha value is -2.99. The van der Waals surface area contributed by atoms with Crippen molar-refractivity contribution in [2.45, 2.75) is 32.0 Å². The largest absolute Gasteiger partial charge is 0.505 e. The number of nitro groups is 1. The molecule has 0 aromatic heterocycles. The van der Waals surface area contributed by atoms with Gasteiger partial charge in [-0.25, -0.2) is 4.39 Å². The number of aliphatic hydroxyl groups is 2. The van der Waals surface area contributed by atoms with Gasteiger partial charge in [0.1, 0.15) is 0 Å². The number of non-ortho nitro benzene ring substituents is 1. The lowest BCUT2D eigenvalue weighted by Gasteiger charge is -2.10. The molecule has 142 valence electrons. The Morgan fingerprint density at radius 1 is 1.19 bits per heavy atom. The monoisotopic (exact) mass is 373 g/mol. The summed E-state index contributed by atoms with van der Waals surface area (Å²) in [4.78, 5) is 10.1. The number of hydrogen-bond acceptors (Lipinski definition) is 5. The van der Waals surface area contributed by atoms with Gasteiger partial charge >= 0.3 is 0 Å². The molecule has 0 spiro atoms. The molecule has 0 bridgehead atoms. The van der Waals surface area contributed by atoms with Crippen LogP contribution >= 0.6 is 0 Å². The molecular weight excluding hydrogens is 353 g/mol. The maximum absolute atomic E-state index is 13.3. The predicted molar refractivity (Wildman–Crippen MR) is 97.6 cm³/mol. The van der Waals surface area contributed by atoms with Crippen molar-refractivity contribution in [1.82, 2.24) is 0 Å². The van der Waals surface area contributed by atoms with Gasteiger partial charge in [0.15, 0.2) is 11.6 Å². The number of nitro benzene ring substituents is 1. The van der Waals surface area contributed by atoms with Crippen LogP contribution in [0, 0.1) is 15.9 Å². The Balaban J connectivity index is 1.97. The first-order chi connectivity index (χ1) is 12.8. The Morgan fingerprint density at radius 3 is 2.41 bits per heavy atom. The number of aliphatic hydroxyl groups excluding tert-OH is 2. The molecule has 2 rings (SSSR count). The van der Waals surface area contributed by atoms with E-state index in [4.69, 9.17) is 5.11 Å². The summed E-state index contributed by atoms with van der Waals surface area (Å²) < 4.78 is 13.3. The summed E-state index contributed by atoms with van der Waals surface area (Å²) in [6.07, 6.45) is 0.281. The molecule has 2 atom stereocenters. The minimum absolute atomic E-state index is 0.0437. The Labute approximate surface area is 155 Å². The molecule has 3 N–H and O–H groups in total. The number of hydrogen-bond donors (Lipinski definition) is 3. The summed E-state index contributed by atoms with van der Waals surface area (Å²) in [5.41, 5.74) is 4.54. The highest BCUT2D eigenvalue weighted by Gasteiger charge is 2.11. The summed E-state index contributed by atoms with van der Waals surface area (Å²) in [5, 5.41) is 40.0. The number of halogens is 1. The SMILES string of the molecule is CC(=C=CC[C@@H](O)c1ccc(O)c(F)c1)C[C@@H](O)c1ccc([N+](=O)[O-])cc1.